The number of carbonyl (C=O) groups is 1. The van der Waals surface area contributed by atoms with Crippen LogP contribution in [0.1, 0.15) is 54.2 Å². The molecule has 0 saturated carbocycles. The zero-order valence-electron chi connectivity index (χ0n) is 19.0. The van der Waals surface area contributed by atoms with E-state index in [9.17, 15) is 10.1 Å². The highest BCUT2D eigenvalue weighted by atomic mass is 16.1. The fourth-order valence-electron chi connectivity index (χ4n) is 3.95. The number of nitrogens with one attached hydrogen (secondary N) is 2. The number of amides is 1. The largest absolute Gasteiger partial charge is 0.353 e. The van der Waals surface area contributed by atoms with Gasteiger partial charge in [0.15, 0.2) is 11.5 Å². The Labute approximate surface area is 194 Å². The van der Waals surface area contributed by atoms with Crippen LogP contribution in [-0.4, -0.2) is 35.0 Å². The molecule has 7 nitrogen and oxygen atoms in total. The van der Waals surface area contributed by atoms with Gasteiger partial charge in [0.1, 0.15) is 11.9 Å². The molecule has 1 aliphatic heterocycles. The van der Waals surface area contributed by atoms with Gasteiger partial charge in [-0.2, -0.15) is 5.26 Å². The van der Waals surface area contributed by atoms with E-state index < -0.39 is 0 Å². The van der Waals surface area contributed by atoms with E-state index in [4.69, 9.17) is 0 Å². The molecule has 1 aliphatic rings. The fraction of sp³-hybridized carbons (Fsp3) is 0.308. The predicted octanol–water partition coefficient (Wildman–Crippen LogP) is 4.61. The summed E-state index contributed by atoms with van der Waals surface area (Å²) >= 11 is 0. The summed E-state index contributed by atoms with van der Waals surface area (Å²) in [5.74, 6) is 1.49. The maximum absolute atomic E-state index is 12.8. The van der Waals surface area contributed by atoms with E-state index in [-0.39, 0.29) is 17.6 Å². The van der Waals surface area contributed by atoms with Gasteiger partial charge in [-0.25, -0.2) is 9.97 Å². The number of rotatable bonds is 6. The summed E-state index contributed by atoms with van der Waals surface area (Å²) in [5, 5.41) is 15.8. The number of piperidine rings is 1. The smallest absolute Gasteiger partial charge is 0.251 e. The third-order valence-corrected chi connectivity index (χ3v) is 5.82. The number of anilines is 3. The van der Waals surface area contributed by atoms with Crippen molar-refractivity contribution < 1.29 is 4.79 Å². The second-order valence-corrected chi connectivity index (χ2v) is 8.56. The number of nitriles is 1. The summed E-state index contributed by atoms with van der Waals surface area (Å²) in [4.78, 5) is 23.9. The summed E-state index contributed by atoms with van der Waals surface area (Å²) in [6.45, 7) is 5.74. The summed E-state index contributed by atoms with van der Waals surface area (Å²) in [7, 11) is 0. The predicted molar refractivity (Wildman–Crippen MR) is 130 cm³/mol. The minimum Gasteiger partial charge on any atom is -0.353 e. The molecule has 1 aromatic heterocycles. The molecule has 0 spiro atoms. The molecular formula is C26H28N6O. The lowest BCUT2D eigenvalue weighted by Crippen LogP contribution is -2.48. The van der Waals surface area contributed by atoms with Crippen LogP contribution in [0.25, 0.3) is 0 Å². The van der Waals surface area contributed by atoms with Crippen molar-refractivity contribution in [3.05, 3.63) is 77.6 Å². The number of nitrogens with zero attached hydrogens (tertiary/aromatic N) is 4. The van der Waals surface area contributed by atoms with Gasteiger partial charge < -0.3 is 15.5 Å². The Morgan fingerprint density at radius 2 is 1.91 bits per heavy atom. The van der Waals surface area contributed by atoms with Gasteiger partial charge in [-0.3, -0.25) is 4.79 Å². The third-order valence-electron chi connectivity index (χ3n) is 5.82. The molecule has 7 heteroatoms. The molecule has 2 heterocycles. The first kappa shape index (κ1) is 22.3. The first-order valence-corrected chi connectivity index (χ1v) is 11.3. The summed E-state index contributed by atoms with van der Waals surface area (Å²) in [6, 6.07) is 19.5. The zero-order valence-corrected chi connectivity index (χ0v) is 19.0. The molecule has 1 fully saturated rings. The number of aromatic nitrogens is 2. The van der Waals surface area contributed by atoms with Crippen molar-refractivity contribution in [2.75, 3.05) is 23.3 Å². The van der Waals surface area contributed by atoms with E-state index in [0.717, 1.165) is 25.1 Å². The van der Waals surface area contributed by atoms with Crippen molar-refractivity contribution in [3.8, 4) is 6.07 Å². The molecule has 2 aromatic carbocycles. The van der Waals surface area contributed by atoms with Gasteiger partial charge >= 0.3 is 0 Å². The van der Waals surface area contributed by atoms with Crippen molar-refractivity contribution in [3.63, 3.8) is 0 Å². The van der Waals surface area contributed by atoms with Gasteiger partial charge in [0.2, 0.25) is 0 Å². The molecule has 1 atom stereocenters. The lowest BCUT2D eigenvalue weighted by atomic mass is 10.0. The van der Waals surface area contributed by atoms with Gasteiger partial charge in [-0.05, 0) is 48.6 Å². The zero-order chi connectivity index (χ0) is 23.2. The highest BCUT2D eigenvalue weighted by Gasteiger charge is 2.24. The Kier molecular flexibility index (Phi) is 6.84. The first-order chi connectivity index (χ1) is 16.0. The molecular weight excluding hydrogens is 412 g/mol. The molecule has 2 N–H and O–H groups in total. The second kappa shape index (κ2) is 10.1. The molecule has 4 rings (SSSR count). The molecule has 168 valence electrons. The summed E-state index contributed by atoms with van der Waals surface area (Å²) < 4.78 is 0. The highest BCUT2D eigenvalue weighted by Crippen LogP contribution is 2.23. The molecule has 0 radical (unpaired) electrons. The van der Waals surface area contributed by atoms with Crippen LogP contribution >= 0.6 is 0 Å². The second-order valence-electron chi connectivity index (χ2n) is 8.56. The average molecular weight is 441 g/mol. The Balaban J connectivity index is 1.45. The summed E-state index contributed by atoms with van der Waals surface area (Å²) in [5.41, 5.74) is 2.97. The van der Waals surface area contributed by atoms with Crippen molar-refractivity contribution in [1.29, 1.82) is 5.26 Å². The van der Waals surface area contributed by atoms with Crippen molar-refractivity contribution >= 4 is 23.2 Å². The molecule has 3 aromatic rings. The van der Waals surface area contributed by atoms with E-state index in [0.29, 0.717) is 29.7 Å². The fourth-order valence-corrected chi connectivity index (χ4v) is 3.95. The number of para-hydroxylation sites is 1. The van der Waals surface area contributed by atoms with E-state index in [1.807, 2.05) is 54.6 Å². The molecule has 0 bridgehead atoms. The standard InChI is InChI=1S/C26H28N6O/c1-18(2)19-10-12-20(13-11-19)26(33)30-22-9-6-14-32(17-22)24-16-28-23(15-27)25(31-24)29-21-7-4-3-5-8-21/h3-5,7-8,10-13,16,18,22H,6,9,14,17H2,1-2H3,(H,29,31)(H,30,33)/t22-/m1/s1. The Morgan fingerprint density at radius 3 is 2.61 bits per heavy atom. The van der Waals surface area contributed by atoms with Crippen LogP contribution in [0, 0.1) is 11.3 Å². The Hall–Kier alpha value is -3.92. The number of benzene rings is 2. The van der Waals surface area contributed by atoms with Gasteiger partial charge in [0.05, 0.1) is 6.20 Å². The van der Waals surface area contributed by atoms with E-state index >= 15 is 0 Å². The number of hydrogen-bond acceptors (Lipinski definition) is 6. The van der Waals surface area contributed by atoms with Gasteiger partial charge in [-0.15, -0.1) is 0 Å². The van der Waals surface area contributed by atoms with Crippen molar-refractivity contribution in [2.24, 2.45) is 0 Å². The van der Waals surface area contributed by atoms with Crippen LogP contribution in [0.3, 0.4) is 0 Å². The van der Waals surface area contributed by atoms with Crippen molar-refractivity contribution in [2.45, 2.75) is 38.6 Å². The van der Waals surface area contributed by atoms with Gasteiger partial charge in [-0.1, -0.05) is 44.2 Å². The van der Waals surface area contributed by atoms with Crippen LogP contribution in [0.15, 0.2) is 60.8 Å². The van der Waals surface area contributed by atoms with Gasteiger partial charge in [0.25, 0.3) is 5.91 Å². The molecule has 1 saturated heterocycles. The topological polar surface area (TPSA) is 93.9 Å². The Bertz CT molecular complexity index is 1140. The molecule has 33 heavy (non-hydrogen) atoms. The quantitative estimate of drug-likeness (QED) is 0.581. The molecule has 1 amide bonds. The van der Waals surface area contributed by atoms with E-state index in [2.05, 4.69) is 45.4 Å². The van der Waals surface area contributed by atoms with Crippen molar-refractivity contribution in [1.82, 2.24) is 15.3 Å². The van der Waals surface area contributed by atoms with E-state index in [1.165, 1.54) is 5.56 Å². The van der Waals surface area contributed by atoms with Crippen LogP contribution in [-0.2, 0) is 0 Å². The maximum atomic E-state index is 12.8. The third kappa shape index (κ3) is 5.47. The number of hydrogen-bond donors (Lipinski definition) is 2. The first-order valence-electron chi connectivity index (χ1n) is 11.3. The van der Waals surface area contributed by atoms with Crippen LogP contribution in [0.4, 0.5) is 17.3 Å². The Morgan fingerprint density at radius 1 is 1.15 bits per heavy atom. The lowest BCUT2D eigenvalue weighted by molar-refractivity contribution is 0.0933. The SMILES string of the molecule is CC(C)c1ccc(C(=O)N[C@@H]2CCCN(c3cnc(C#N)c(Nc4ccccc4)n3)C2)cc1. The maximum Gasteiger partial charge on any atom is 0.251 e. The minimum absolute atomic E-state index is 0.0130. The highest BCUT2D eigenvalue weighted by molar-refractivity contribution is 5.94. The van der Waals surface area contributed by atoms with Crippen LogP contribution < -0.4 is 15.5 Å². The van der Waals surface area contributed by atoms with Crippen LogP contribution in [0.5, 0.6) is 0 Å². The van der Waals surface area contributed by atoms with Crippen LogP contribution in [0.2, 0.25) is 0 Å². The summed E-state index contributed by atoms with van der Waals surface area (Å²) in [6.07, 6.45) is 3.47. The average Bonchev–Trinajstić information content (AvgIpc) is 2.85. The van der Waals surface area contributed by atoms with E-state index in [1.54, 1.807) is 6.20 Å². The molecule has 0 aliphatic carbocycles. The normalized spacial score (nSPS) is 15.7. The molecule has 0 unspecified atom stereocenters. The van der Waals surface area contributed by atoms with Gasteiger partial charge in [0, 0.05) is 30.4 Å². The monoisotopic (exact) mass is 440 g/mol. The number of carbonyl (C=O) groups excluding carboxylic acids is 1. The lowest BCUT2D eigenvalue weighted by Gasteiger charge is -2.34. The minimum atomic E-state index is -0.0606.